The van der Waals surface area contributed by atoms with Crippen molar-refractivity contribution in [3.05, 3.63) is 30.1 Å². The zero-order chi connectivity index (χ0) is 18.4. The Kier molecular flexibility index (Phi) is 6.48. The van der Waals surface area contributed by atoms with Crippen LogP contribution in [0.15, 0.2) is 24.3 Å². The van der Waals surface area contributed by atoms with Gasteiger partial charge in [-0.2, -0.15) is 0 Å². The van der Waals surface area contributed by atoms with Crippen molar-refractivity contribution in [2.24, 2.45) is 5.41 Å². The Labute approximate surface area is 154 Å². The van der Waals surface area contributed by atoms with E-state index in [1.54, 1.807) is 12.1 Å². The summed E-state index contributed by atoms with van der Waals surface area (Å²) >= 11 is 0. The Morgan fingerprint density at radius 1 is 1.15 bits per heavy atom. The molecule has 0 unspecified atom stereocenters. The smallest absolute Gasteiger partial charge is 0.222 e. The van der Waals surface area contributed by atoms with Crippen molar-refractivity contribution in [1.29, 1.82) is 0 Å². The Bertz CT molecular complexity index is 595. The summed E-state index contributed by atoms with van der Waals surface area (Å²) in [4.78, 5) is 16.5. The highest BCUT2D eigenvalue weighted by Gasteiger charge is 2.41. The molecule has 1 spiro atoms. The van der Waals surface area contributed by atoms with Gasteiger partial charge < -0.3 is 14.7 Å². The number of amides is 1. The first-order valence-electron chi connectivity index (χ1n) is 9.60. The number of hydrogen-bond acceptors (Lipinski definition) is 4. The molecule has 0 radical (unpaired) electrons. The highest BCUT2D eigenvalue weighted by Crippen LogP contribution is 2.38. The minimum absolute atomic E-state index is 0.129. The van der Waals surface area contributed by atoms with Gasteiger partial charge in [0.1, 0.15) is 18.2 Å². The molecule has 1 aromatic carbocycles. The predicted octanol–water partition coefficient (Wildman–Crippen LogP) is 2.29. The van der Waals surface area contributed by atoms with E-state index in [9.17, 15) is 9.18 Å². The van der Waals surface area contributed by atoms with Crippen LogP contribution in [-0.2, 0) is 4.79 Å². The second-order valence-electron chi connectivity index (χ2n) is 7.57. The SMILES string of the molecule is O=C1CC[C@@]2(CCCN(CCOc3ccc(F)cc3)C2)CN1CCCO. The van der Waals surface area contributed by atoms with Crippen molar-refractivity contribution in [2.75, 3.05) is 45.9 Å². The van der Waals surface area contributed by atoms with E-state index in [4.69, 9.17) is 9.84 Å². The molecule has 2 saturated heterocycles. The normalized spacial score (nSPS) is 24.2. The molecular weight excluding hydrogens is 335 g/mol. The molecule has 5 nitrogen and oxygen atoms in total. The molecule has 1 N–H and O–H groups in total. The van der Waals surface area contributed by atoms with Crippen LogP contribution in [0.2, 0.25) is 0 Å². The number of piperidine rings is 2. The molecular formula is C20H29FN2O3. The number of halogens is 1. The summed E-state index contributed by atoms with van der Waals surface area (Å²) in [5, 5.41) is 9.05. The highest BCUT2D eigenvalue weighted by atomic mass is 19.1. The van der Waals surface area contributed by atoms with Crippen molar-refractivity contribution < 1.29 is 19.0 Å². The molecule has 0 aromatic heterocycles. The Morgan fingerprint density at radius 3 is 2.73 bits per heavy atom. The molecule has 144 valence electrons. The van der Waals surface area contributed by atoms with Crippen LogP contribution < -0.4 is 4.74 Å². The quantitative estimate of drug-likeness (QED) is 0.807. The van der Waals surface area contributed by atoms with Crippen LogP contribution in [0, 0.1) is 11.2 Å². The number of aliphatic hydroxyl groups excluding tert-OH is 1. The topological polar surface area (TPSA) is 53.0 Å². The Balaban J connectivity index is 1.50. The van der Waals surface area contributed by atoms with Crippen molar-refractivity contribution in [3.8, 4) is 5.75 Å². The lowest BCUT2D eigenvalue weighted by Crippen LogP contribution is -2.54. The van der Waals surface area contributed by atoms with Crippen LogP contribution in [0.1, 0.15) is 32.1 Å². The molecule has 1 aromatic rings. The van der Waals surface area contributed by atoms with Gasteiger partial charge in [-0.15, -0.1) is 0 Å². The summed E-state index contributed by atoms with van der Waals surface area (Å²) in [6.45, 7) is 5.05. The van der Waals surface area contributed by atoms with E-state index < -0.39 is 0 Å². The average molecular weight is 364 g/mol. The van der Waals surface area contributed by atoms with E-state index in [2.05, 4.69) is 4.90 Å². The molecule has 0 bridgehead atoms. The molecule has 2 fully saturated rings. The summed E-state index contributed by atoms with van der Waals surface area (Å²) in [7, 11) is 0. The second-order valence-corrected chi connectivity index (χ2v) is 7.57. The minimum Gasteiger partial charge on any atom is -0.492 e. The third kappa shape index (κ3) is 4.95. The van der Waals surface area contributed by atoms with Crippen molar-refractivity contribution >= 4 is 5.91 Å². The van der Waals surface area contributed by atoms with Gasteiger partial charge in [-0.05, 0) is 56.5 Å². The summed E-state index contributed by atoms with van der Waals surface area (Å²) in [5.74, 6) is 0.658. The maximum atomic E-state index is 12.9. The first kappa shape index (κ1) is 19.1. The summed E-state index contributed by atoms with van der Waals surface area (Å²) in [6, 6.07) is 6.12. The fourth-order valence-corrected chi connectivity index (χ4v) is 4.23. The highest BCUT2D eigenvalue weighted by molar-refractivity contribution is 5.77. The maximum absolute atomic E-state index is 12.9. The van der Waals surface area contributed by atoms with E-state index in [1.807, 2.05) is 4.90 Å². The lowest BCUT2D eigenvalue weighted by molar-refractivity contribution is -0.139. The monoisotopic (exact) mass is 364 g/mol. The van der Waals surface area contributed by atoms with Gasteiger partial charge in [0.15, 0.2) is 0 Å². The number of carbonyl (C=O) groups excluding carboxylic acids is 1. The van der Waals surface area contributed by atoms with Gasteiger partial charge in [-0.25, -0.2) is 4.39 Å². The number of rotatable bonds is 7. The van der Waals surface area contributed by atoms with Gasteiger partial charge in [0.25, 0.3) is 0 Å². The molecule has 2 aliphatic heterocycles. The fourth-order valence-electron chi connectivity index (χ4n) is 4.23. The van der Waals surface area contributed by atoms with E-state index >= 15 is 0 Å². The van der Waals surface area contributed by atoms with Gasteiger partial charge >= 0.3 is 0 Å². The lowest BCUT2D eigenvalue weighted by Gasteiger charge is -2.48. The van der Waals surface area contributed by atoms with Crippen LogP contribution >= 0.6 is 0 Å². The van der Waals surface area contributed by atoms with Gasteiger partial charge in [0.2, 0.25) is 5.91 Å². The van der Waals surface area contributed by atoms with Crippen LogP contribution in [-0.4, -0.2) is 66.8 Å². The zero-order valence-electron chi connectivity index (χ0n) is 15.3. The first-order valence-corrected chi connectivity index (χ1v) is 9.60. The average Bonchev–Trinajstić information content (AvgIpc) is 2.65. The minimum atomic E-state index is -0.257. The Hall–Kier alpha value is -1.66. The van der Waals surface area contributed by atoms with E-state index in [0.717, 1.165) is 45.4 Å². The fraction of sp³-hybridized carbons (Fsp3) is 0.650. The van der Waals surface area contributed by atoms with Gasteiger partial charge in [-0.3, -0.25) is 9.69 Å². The molecule has 1 amide bonds. The number of ether oxygens (including phenoxy) is 1. The van der Waals surface area contributed by atoms with E-state index in [0.29, 0.717) is 31.7 Å². The number of carbonyl (C=O) groups is 1. The van der Waals surface area contributed by atoms with Crippen LogP contribution in [0.25, 0.3) is 0 Å². The van der Waals surface area contributed by atoms with Gasteiger partial charge in [0, 0.05) is 44.6 Å². The largest absolute Gasteiger partial charge is 0.492 e. The second kappa shape index (κ2) is 8.82. The molecule has 0 aliphatic carbocycles. The number of hydrogen-bond donors (Lipinski definition) is 1. The molecule has 3 rings (SSSR count). The summed E-state index contributed by atoms with van der Waals surface area (Å²) in [6.07, 6.45) is 4.52. The van der Waals surface area contributed by atoms with Crippen molar-refractivity contribution in [3.63, 3.8) is 0 Å². The van der Waals surface area contributed by atoms with Crippen LogP contribution in [0.3, 0.4) is 0 Å². The molecule has 6 heteroatoms. The van der Waals surface area contributed by atoms with Crippen LogP contribution in [0.5, 0.6) is 5.75 Å². The van der Waals surface area contributed by atoms with Gasteiger partial charge in [0.05, 0.1) is 0 Å². The van der Waals surface area contributed by atoms with Crippen LogP contribution in [0.4, 0.5) is 4.39 Å². The zero-order valence-corrected chi connectivity index (χ0v) is 15.3. The first-order chi connectivity index (χ1) is 12.6. The number of benzene rings is 1. The van der Waals surface area contributed by atoms with Crippen molar-refractivity contribution in [1.82, 2.24) is 9.80 Å². The number of nitrogens with zero attached hydrogens (tertiary/aromatic N) is 2. The predicted molar refractivity (Wildman–Crippen MR) is 97.5 cm³/mol. The summed E-state index contributed by atoms with van der Waals surface area (Å²) in [5.41, 5.74) is 0.178. The third-order valence-electron chi connectivity index (χ3n) is 5.56. The number of aliphatic hydroxyl groups is 1. The number of likely N-dealkylation sites (tertiary alicyclic amines) is 2. The lowest BCUT2D eigenvalue weighted by atomic mass is 9.73. The molecule has 2 aliphatic rings. The third-order valence-corrected chi connectivity index (χ3v) is 5.56. The molecule has 26 heavy (non-hydrogen) atoms. The van der Waals surface area contributed by atoms with Crippen molar-refractivity contribution in [2.45, 2.75) is 32.1 Å². The standard InChI is InChI=1S/C20H29FN2O3/c21-17-3-5-18(6-4-17)26-14-12-22-10-1-8-20(15-22)9-7-19(25)23(16-20)11-2-13-24/h3-6,24H,1-2,7-16H2/t20-/m1/s1. The maximum Gasteiger partial charge on any atom is 0.222 e. The molecule has 1 atom stereocenters. The van der Waals surface area contributed by atoms with E-state index in [-0.39, 0.29) is 23.7 Å². The van der Waals surface area contributed by atoms with Gasteiger partial charge in [-0.1, -0.05) is 0 Å². The molecule has 2 heterocycles. The molecule has 0 saturated carbocycles. The van der Waals surface area contributed by atoms with E-state index in [1.165, 1.54) is 12.1 Å². The summed E-state index contributed by atoms with van der Waals surface area (Å²) < 4.78 is 18.7. The Morgan fingerprint density at radius 2 is 1.96 bits per heavy atom.